The normalized spacial score (nSPS) is 11.9. The third-order valence-electron chi connectivity index (χ3n) is 3.71. The zero-order chi connectivity index (χ0) is 18.2. The summed E-state index contributed by atoms with van der Waals surface area (Å²) in [5, 5.41) is 2.92. The monoisotopic (exact) mass is 341 g/mol. The maximum atomic E-state index is 12.6. The van der Waals surface area contributed by atoms with Crippen molar-refractivity contribution in [3.8, 4) is 11.5 Å². The Kier molecular flexibility index (Phi) is 6.87. The zero-order valence-electron chi connectivity index (χ0n) is 15.4. The van der Waals surface area contributed by atoms with Crippen molar-refractivity contribution in [3.63, 3.8) is 0 Å². The summed E-state index contributed by atoms with van der Waals surface area (Å²) in [7, 11) is 0. The topological polar surface area (TPSA) is 47.6 Å². The molecule has 0 aliphatic heterocycles. The molecule has 0 aliphatic carbocycles. The Morgan fingerprint density at radius 1 is 1.12 bits per heavy atom. The van der Waals surface area contributed by atoms with E-state index in [-0.39, 0.29) is 5.91 Å². The van der Waals surface area contributed by atoms with Crippen LogP contribution in [0.4, 0.5) is 5.69 Å². The van der Waals surface area contributed by atoms with Gasteiger partial charge in [0.25, 0.3) is 5.91 Å². The fraction of sp³-hybridized carbons (Fsp3) is 0.381. The standard InChI is InChI=1S/C21H27NO3/c1-5-19(25-20-12-7-6-9-16(20)4)21(23)22-17-10-8-11-18(13-17)24-14-15(2)3/h6-13,15,19H,5,14H2,1-4H3,(H,22,23). The van der Waals surface area contributed by atoms with Crippen LogP contribution in [-0.2, 0) is 4.79 Å². The van der Waals surface area contributed by atoms with E-state index in [0.29, 0.717) is 24.6 Å². The number of benzene rings is 2. The third kappa shape index (κ3) is 5.82. The molecule has 0 fully saturated rings. The van der Waals surface area contributed by atoms with Crippen LogP contribution in [0.5, 0.6) is 11.5 Å². The molecule has 134 valence electrons. The molecule has 1 unspecified atom stereocenters. The lowest BCUT2D eigenvalue weighted by atomic mass is 10.2. The zero-order valence-corrected chi connectivity index (χ0v) is 15.4. The molecule has 0 aliphatic rings. The highest BCUT2D eigenvalue weighted by Crippen LogP contribution is 2.21. The van der Waals surface area contributed by atoms with Gasteiger partial charge in [0.1, 0.15) is 11.5 Å². The first kappa shape index (κ1) is 18.8. The van der Waals surface area contributed by atoms with E-state index in [0.717, 1.165) is 17.1 Å². The number of carbonyl (C=O) groups is 1. The number of para-hydroxylation sites is 1. The molecule has 0 spiro atoms. The number of ether oxygens (including phenoxy) is 2. The highest BCUT2D eigenvalue weighted by molar-refractivity contribution is 5.94. The number of hydrogen-bond donors (Lipinski definition) is 1. The van der Waals surface area contributed by atoms with Crippen molar-refractivity contribution >= 4 is 11.6 Å². The minimum Gasteiger partial charge on any atom is -0.493 e. The highest BCUT2D eigenvalue weighted by Gasteiger charge is 2.19. The maximum Gasteiger partial charge on any atom is 0.265 e. The van der Waals surface area contributed by atoms with Crippen molar-refractivity contribution in [2.45, 2.75) is 40.2 Å². The minimum atomic E-state index is -0.540. The second kappa shape index (κ2) is 9.11. The summed E-state index contributed by atoms with van der Waals surface area (Å²) >= 11 is 0. The number of carbonyl (C=O) groups excluding carboxylic acids is 1. The summed E-state index contributed by atoms with van der Waals surface area (Å²) < 4.78 is 11.6. The molecule has 2 aromatic carbocycles. The molecule has 0 aromatic heterocycles. The molecule has 25 heavy (non-hydrogen) atoms. The lowest BCUT2D eigenvalue weighted by Crippen LogP contribution is -2.32. The largest absolute Gasteiger partial charge is 0.493 e. The molecule has 2 rings (SSSR count). The number of hydrogen-bond acceptors (Lipinski definition) is 3. The minimum absolute atomic E-state index is 0.160. The number of amides is 1. The van der Waals surface area contributed by atoms with Crippen LogP contribution in [0.15, 0.2) is 48.5 Å². The fourth-order valence-electron chi connectivity index (χ4n) is 2.31. The summed E-state index contributed by atoms with van der Waals surface area (Å²) in [6, 6.07) is 15.1. The van der Waals surface area contributed by atoms with Crippen LogP contribution in [0.25, 0.3) is 0 Å². The summed E-state index contributed by atoms with van der Waals surface area (Å²) in [5.41, 5.74) is 1.72. The van der Waals surface area contributed by atoms with E-state index in [9.17, 15) is 4.79 Å². The van der Waals surface area contributed by atoms with Gasteiger partial charge in [-0.3, -0.25) is 4.79 Å². The van der Waals surface area contributed by atoms with Gasteiger partial charge in [0.05, 0.1) is 6.61 Å². The highest BCUT2D eigenvalue weighted by atomic mass is 16.5. The predicted octanol–water partition coefficient (Wildman–Crippen LogP) is 4.83. The Bertz CT molecular complexity index is 697. The van der Waals surface area contributed by atoms with Gasteiger partial charge in [-0.2, -0.15) is 0 Å². The van der Waals surface area contributed by atoms with E-state index in [4.69, 9.17) is 9.47 Å². The average Bonchev–Trinajstić information content (AvgIpc) is 2.59. The van der Waals surface area contributed by atoms with Gasteiger partial charge in [-0.15, -0.1) is 0 Å². The predicted molar refractivity (Wildman–Crippen MR) is 101 cm³/mol. The Morgan fingerprint density at radius 2 is 1.88 bits per heavy atom. The van der Waals surface area contributed by atoms with E-state index in [1.807, 2.05) is 62.4 Å². The lowest BCUT2D eigenvalue weighted by Gasteiger charge is -2.19. The lowest BCUT2D eigenvalue weighted by molar-refractivity contribution is -0.122. The molecule has 0 radical (unpaired) electrons. The smallest absolute Gasteiger partial charge is 0.265 e. The van der Waals surface area contributed by atoms with Gasteiger partial charge in [0.2, 0.25) is 0 Å². The third-order valence-corrected chi connectivity index (χ3v) is 3.71. The van der Waals surface area contributed by atoms with E-state index in [2.05, 4.69) is 19.2 Å². The van der Waals surface area contributed by atoms with E-state index in [1.54, 1.807) is 0 Å². The van der Waals surface area contributed by atoms with Crippen LogP contribution in [0, 0.1) is 12.8 Å². The van der Waals surface area contributed by atoms with Crippen LogP contribution in [0.1, 0.15) is 32.8 Å². The van der Waals surface area contributed by atoms with Gasteiger partial charge in [-0.25, -0.2) is 0 Å². The molecule has 4 heteroatoms. The Labute approximate surface area is 150 Å². The molecule has 0 saturated heterocycles. The van der Waals surface area contributed by atoms with Crippen molar-refractivity contribution < 1.29 is 14.3 Å². The average molecular weight is 341 g/mol. The Balaban J connectivity index is 2.02. The van der Waals surface area contributed by atoms with Crippen molar-refractivity contribution in [1.29, 1.82) is 0 Å². The van der Waals surface area contributed by atoms with Crippen LogP contribution in [0.2, 0.25) is 0 Å². The molecule has 1 amide bonds. The SMILES string of the molecule is CCC(Oc1ccccc1C)C(=O)Nc1cccc(OCC(C)C)c1. The second-order valence-corrected chi connectivity index (χ2v) is 6.50. The van der Waals surface area contributed by atoms with E-state index >= 15 is 0 Å². The number of rotatable bonds is 8. The summed E-state index contributed by atoms with van der Waals surface area (Å²) in [5.74, 6) is 1.77. The quantitative estimate of drug-likeness (QED) is 0.748. The maximum absolute atomic E-state index is 12.6. The molecule has 0 bridgehead atoms. The number of anilines is 1. The first-order valence-electron chi connectivity index (χ1n) is 8.75. The van der Waals surface area contributed by atoms with Crippen LogP contribution < -0.4 is 14.8 Å². The van der Waals surface area contributed by atoms with Crippen molar-refractivity contribution in [2.75, 3.05) is 11.9 Å². The molecular formula is C21H27NO3. The first-order chi connectivity index (χ1) is 12.0. The summed E-state index contributed by atoms with van der Waals surface area (Å²) in [4.78, 5) is 12.6. The van der Waals surface area contributed by atoms with Gasteiger partial charge >= 0.3 is 0 Å². The summed E-state index contributed by atoms with van der Waals surface area (Å²) in [6.07, 6.45) is 0.0466. The van der Waals surface area contributed by atoms with Gasteiger partial charge < -0.3 is 14.8 Å². The Hall–Kier alpha value is -2.49. The van der Waals surface area contributed by atoms with Crippen molar-refractivity contribution in [3.05, 3.63) is 54.1 Å². The van der Waals surface area contributed by atoms with Crippen molar-refractivity contribution in [2.24, 2.45) is 5.92 Å². The second-order valence-electron chi connectivity index (χ2n) is 6.50. The first-order valence-corrected chi connectivity index (χ1v) is 8.75. The molecule has 1 atom stereocenters. The van der Waals surface area contributed by atoms with Gasteiger partial charge in [0.15, 0.2) is 6.10 Å². The molecule has 0 saturated carbocycles. The molecule has 2 aromatic rings. The van der Waals surface area contributed by atoms with Crippen molar-refractivity contribution in [1.82, 2.24) is 0 Å². The molecular weight excluding hydrogens is 314 g/mol. The van der Waals surface area contributed by atoms with E-state index < -0.39 is 6.10 Å². The van der Waals surface area contributed by atoms with E-state index in [1.165, 1.54) is 0 Å². The van der Waals surface area contributed by atoms with Crippen LogP contribution in [0.3, 0.4) is 0 Å². The fourth-order valence-corrected chi connectivity index (χ4v) is 2.31. The molecule has 4 nitrogen and oxygen atoms in total. The van der Waals surface area contributed by atoms with Gasteiger partial charge in [-0.05, 0) is 43.0 Å². The molecule has 1 N–H and O–H groups in total. The molecule has 0 heterocycles. The summed E-state index contributed by atoms with van der Waals surface area (Å²) in [6.45, 7) is 8.74. The number of nitrogens with one attached hydrogen (secondary N) is 1. The number of aryl methyl sites for hydroxylation is 1. The van der Waals surface area contributed by atoms with Gasteiger partial charge in [-0.1, -0.05) is 45.0 Å². The van der Waals surface area contributed by atoms with Crippen LogP contribution in [-0.4, -0.2) is 18.6 Å². The Morgan fingerprint density at radius 3 is 2.56 bits per heavy atom. The van der Waals surface area contributed by atoms with Gasteiger partial charge in [0, 0.05) is 11.8 Å². The van der Waals surface area contributed by atoms with Crippen LogP contribution >= 0.6 is 0 Å².